The molecule has 1 atom stereocenters. The van der Waals surface area contributed by atoms with Crippen LogP contribution in [0, 0.1) is 5.92 Å². The van der Waals surface area contributed by atoms with E-state index in [-0.39, 0.29) is 5.28 Å². The summed E-state index contributed by atoms with van der Waals surface area (Å²) in [6.07, 6.45) is 2.72. The Hall–Kier alpha value is -0.580. The lowest BCUT2D eigenvalue weighted by atomic mass is 10.1. The van der Waals surface area contributed by atoms with Gasteiger partial charge in [-0.25, -0.2) is 4.98 Å². The van der Waals surface area contributed by atoms with Crippen molar-refractivity contribution in [2.24, 2.45) is 5.92 Å². The predicted molar refractivity (Wildman–Crippen MR) is 66.1 cm³/mol. The summed E-state index contributed by atoms with van der Waals surface area (Å²) in [5.74, 6) is 1.27. The predicted octanol–water partition coefficient (Wildman–Crippen LogP) is 2.15. The second-order valence-corrected chi connectivity index (χ2v) is 4.88. The number of halogens is 2. The Labute approximate surface area is 105 Å². The van der Waals surface area contributed by atoms with E-state index < -0.39 is 0 Å². The number of hydrogen-bond donors (Lipinski definition) is 1. The molecule has 0 saturated carbocycles. The fourth-order valence-electron chi connectivity index (χ4n) is 1.90. The van der Waals surface area contributed by atoms with Crippen LogP contribution in [-0.2, 0) is 0 Å². The Balaban J connectivity index is 1.91. The zero-order valence-corrected chi connectivity index (χ0v) is 10.6. The molecule has 88 valence electrons. The maximum atomic E-state index is 5.95. The molecule has 0 amide bonds. The number of hydrogen-bond acceptors (Lipinski definition) is 4. The van der Waals surface area contributed by atoms with Gasteiger partial charge in [0.15, 0.2) is 0 Å². The van der Waals surface area contributed by atoms with Gasteiger partial charge >= 0.3 is 0 Å². The highest BCUT2D eigenvalue weighted by molar-refractivity contribution is 6.33. The Morgan fingerprint density at radius 3 is 3.06 bits per heavy atom. The van der Waals surface area contributed by atoms with E-state index in [4.69, 9.17) is 23.2 Å². The highest BCUT2D eigenvalue weighted by Crippen LogP contribution is 2.21. The molecule has 16 heavy (non-hydrogen) atoms. The second kappa shape index (κ2) is 5.17. The Kier molecular flexibility index (Phi) is 3.84. The third-order valence-electron chi connectivity index (χ3n) is 2.76. The molecule has 1 unspecified atom stereocenters. The normalized spacial score (nSPS) is 21.3. The van der Waals surface area contributed by atoms with Gasteiger partial charge in [0, 0.05) is 13.1 Å². The first kappa shape index (κ1) is 11.9. The molecule has 0 radical (unpaired) electrons. The third kappa shape index (κ3) is 2.97. The molecule has 1 aliphatic rings. The molecule has 1 saturated heterocycles. The molecule has 1 N–H and O–H groups in total. The van der Waals surface area contributed by atoms with Crippen LogP contribution < -0.4 is 5.32 Å². The summed E-state index contributed by atoms with van der Waals surface area (Å²) >= 11 is 11.7. The van der Waals surface area contributed by atoms with Crippen molar-refractivity contribution in [1.29, 1.82) is 0 Å². The van der Waals surface area contributed by atoms with Crippen LogP contribution in [0.15, 0.2) is 6.20 Å². The maximum absolute atomic E-state index is 5.95. The number of likely N-dealkylation sites (tertiary alicyclic amines) is 1. The van der Waals surface area contributed by atoms with Crippen molar-refractivity contribution in [3.05, 3.63) is 16.5 Å². The van der Waals surface area contributed by atoms with E-state index in [1.807, 2.05) is 0 Å². The van der Waals surface area contributed by atoms with Crippen molar-refractivity contribution >= 4 is 29.0 Å². The van der Waals surface area contributed by atoms with Crippen LogP contribution in [-0.4, -0.2) is 41.5 Å². The summed E-state index contributed by atoms with van der Waals surface area (Å²) < 4.78 is 0. The van der Waals surface area contributed by atoms with Gasteiger partial charge in [0.2, 0.25) is 5.28 Å². The highest BCUT2D eigenvalue weighted by Gasteiger charge is 2.19. The first-order chi connectivity index (χ1) is 7.65. The standard InChI is InChI=1S/C10H14Cl2N4/c1-16-3-2-7(6-16)4-13-9-8(11)5-14-10(12)15-9/h5,7H,2-4,6H2,1H3,(H,13,14,15). The van der Waals surface area contributed by atoms with E-state index in [0.717, 1.165) is 19.6 Å². The molecule has 1 aromatic rings. The molecule has 0 aromatic carbocycles. The van der Waals surface area contributed by atoms with Crippen molar-refractivity contribution < 1.29 is 0 Å². The molecule has 6 heteroatoms. The van der Waals surface area contributed by atoms with Gasteiger partial charge in [0.1, 0.15) is 10.8 Å². The van der Waals surface area contributed by atoms with Crippen molar-refractivity contribution in [1.82, 2.24) is 14.9 Å². The van der Waals surface area contributed by atoms with Gasteiger partial charge in [-0.15, -0.1) is 0 Å². The molecule has 1 fully saturated rings. The SMILES string of the molecule is CN1CCC(CNc2nc(Cl)ncc2Cl)C1. The van der Waals surface area contributed by atoms with E-state index >= 15 is 0 Å². The summed E-state index contributed by atoms with van der Waals surface area (Å²) in [6.45, 7) is 3.14. The zero-order valence-electron chi connectivity index (χ0n) is 9.08. The van der Waals surface area contributed by atoms with Gasteiger partial charge in [0.25, 0.3) is 0 Å². The summed E-state index contributed by atoms with van der Waals surface area (Å²) in [5, 5.41) is 3.95. The van der Waals surface area contributed by atoms with Gasteiger partial charge in [0.05, 0.1) is 6.20 Å². The van der Waals surface area contributed by atoms with Crippen LogP contribution in [0.25, 0.3) is 0 Å². The molecule has 2 rings (SSSR count). The van der Waals surface area contributed by atoms with Crippen LogP contribution in [0.5, 0.6) is 0 Å². The largest absolute Gasteiger partial charge is 0.368 e. The second-order valence-electron chi connectivity index (χ2n) is 4.13. The van der Waals surface area contributed by atoms with Crippen LogP contribution in [0.2, 0.25) is 10.3 Å². The number of nitrogens with one attached hydrogen (secondary N) is 1. The minimum Gasteiger partial charge on any atom is -0.368 e. The van der Waals surface area contributed by atoms with Crippen molar-refractivity contribution in [2.45, 2.75) is 6.42 Å². The summed E-state index contributed by atoms with van der Waals surface area (Å²) in [4.78, 5) is 10.2. The van der Waals surface area contributed by atoms with E-state index in [9.17, 15) is 0 Å². The van der Waals surface area contributed by atoms with Gasteiger partial charge in [-0.2, -0.15) is 4.98 Å². The fourth-order valence-corrected chi connectivity index (χ4v) is 2.19. The van der Waals surface area contributed by atoms with E-state index in [2.05, 4.69) is 27.2 Å². The van der Waals surface area contributed by atoms with Crippen LogP contribution in [0.1, 0.15) is 6.42 Å². The average molecular weight is 261 g/mol. The fraction of sp³-hybridized carbons (Fsp3) is 0.600. The Bertz CT molecular complexity index is 372. The molecule has 0 spiro atoms. The zero-order chi connectivity index (χ0) is 11.5. The number of rotatable bonds is 3. The van der Waals surface area contributed by atoms with Crippen LogP contribution in [0.4, 0.5) is 5.82 Å². The van der Waals surface area contributed by atoms with Crippen LogP contribution >= 0.6 is 23.2 Å². The molecule has 0 aliphatic carbocycles. The lowest BCUT2D eigenvalue weighted by molar-refractivity contribution is 0.399. The Morgan fingerprint density at radius 1 is 1.56 bits per heavy atom. The quantitative estimate of drug-likeness (QED) is 0.846. The van der Waals surface area contributed by atoms with Gasteiger partial charge < -0.3 is 10.2 Å². The van der Waals surface area contributed by atoms with E-state index in [1.165, 1.54) is 12.6 Å². The third-order valence-corrected chi connectivity index (χ3v) is 3.22. The molecule has 1 aromatic heterocycles. The van der Waals surface area contributed by atoms with Crippen molar-refractivity contribution in [3.63, 3.8) is 0 Å². The maximum Gasteiger partial charge on any atom is 0.224 e. The number of nitrogens with zero attached hydrogens (tertiary/aromatic N) is 3. The van der Waals surface area contributed by atoms with Crippen molar-refractivity contribution in [2.75, 3.05) is 32.0 Å². The van der Waals surface area contributed by atoms with Crippen molar-refractivity contribution in [3.8, 4) is 0 Å². The lowest BCUT2D eigenvalue weighted by Crippen LogP contribution is -2.19. The first-order valence-corrected chi connectivity index (χ1v) is 6.01. The molecule has 0 bridgehead atoms. The van der Waals surface area contributed by atoms with Gasteiger partial charge in [-0.3, -0.25) is 0 Å². The summed E-state index contributed by atoms with van der Waals surface area (Å²) in [7, 11) is 2.13. The number of anilines is 1. The smallest absolute Gasteiger partial charge is 0.224 e. The average Bonchev–Trinajstić information content (AvgIpc) is 2.66. The Morgan fingerprint density at radius 2 is 2.38 bits per heavy atom. The van der Waals surface area contributed by atoms with Crippen LogP contribution in [0.3, 0.4) is 0 Å². The topological polar surface area (TPSA) is 41.0 Å². The molecular formula is C10H14Cl2N4. The first-order valence-electron chi connectivity index (χ1n) is 5.25. The number of aromatic nitrogens is 2. The molecular weight excluding hydrogens is 247 g/mol. The molecule has 2 heterocycles. The van der Waals surface area contributed by atoms with Gasteiger partial charge in [-0.05, 0) is 37.5 Å². The highest BCUT2D eigenvalue weighted by atomic mass is 35.5. The monoisotopic (exact) mass is 260 g/mol. The van der Waals surface area contributed by atoms with E-state index in [0.29, 0.717) is 16.8 Å². The molecule has 4 nitrogen and oxygen atoms in total. The lowest BCUT2D eigenvalue weighted by Gasteiger charge is -2.12. The molecule has 1 aliphatic heterocycles. The van der Waals surface area contributed by atoms with E-state index in [1.54, 1.807) is 0 Å². The summed E-state index contributed by atoms with van der Waals surface area (Å²) in [5.41, 5.74) is 0. The summed E-state index contributed by atoms with van der Waals surface area (Å²) in [6, 6.07) is 0. The minimum atomic E-state index is 0.218. The van der Waals surface area contributed by atoms with Gasteiger partial charge in [-0.1, -0.05) is 11.6 Å². The minimum absolute atomic E-state index is 0.218.